The summed E-state index contributed by atoms with van der Waals surface area (Å²) in [5.41, 5.74) is 0. The van der Waals surface area contributed by atoms with Gasteiger partial charge in [0, 0.05) is 26.2 Å². The summed E-state index contributed by atoms with van der Waals surface area (Å²) < 4.78 is 4.75. The zero-order chi connectivity index (χ0) is 12.2. The predicted octanol–water partition coefficient (Wildman–Crippen LogP) is -0.406. The number of aliphatic carboxylic acids is 1. The zero-order valence-corrected chi connectivity index (χ0v) is 9.62. The molecule has 0 amide bonds. The van der Waals surface area contributed by atoms with E-state index in [1.807, 2.05) is 0 Å². The SMILES string of the molecule is CCOC(=O)CCNCCNCCC(=O)O. The fraction of sp³-hybridized carbons (Fsp3) is 0.800. The van der Waals surface area contributed by atoms with Crippen molar-refractivity contribution in [2.45, 2.75) is 19.8 Å². The Bertz CT molecular complexity index is 209. The summed E-state index contributed by atoms with van der Waals surface area (Å²) in [6.07, 6.45) is 0.492. The second kappa shape index (κ2) is 10.4. The highest BCUT2D eigenvalue weighted by atomic mass is 16.5. The minimum atomic E-state index is -0.803. The normalized spacial score (nSPS) is 10.1. The molecule has 0 aliphatic rings. The first-order valence-corrected chi connectivity index (χ1v) is 5.45. The van der Waals surface area contributed by atoms with Gasteiger partial charge in [-0.2, -0.15) is 0 Å². The number of carbonyl (C=O) groups excluding carboxylic acids is 1. The number of rotatable bonds is 10. The van der Waals surface area contributed by atoms with E-state index in [0.717, 1.165) is 0 Å². The summed E-state index contributed by atoms with van der Waals surface area (Å²) in [6, 6.07) is 0. The van der Waals surface area contributed by atoms with E-state index in [4.69, 9.17) is 9.84 Å². The number of ether oxygens (including phenoxy) is 1. The second-order valence-electron chi connectivity index (χ2n) is 3.20. The van der Waals surface area contributed by atoms with Crippen molar-refractivity contribution >= 4 is 11.9 Å². The molecule has 0 rings (SSSR count). The fourth-order valence-electron chi connectivity index (χ4n) is 1.05. The van der Waals surface area contributed by atoms with Gasteiger partial charge in [0.2, 0.25) is 0 Å². The lowest BCUT2D eigenvalue weighted by Gasteiger charge is -2.05. The van der Waals surface area contributed by atoms with Gasteiger partial charge in [0.15, 0.2) is 0 Å². The third-order valence-corrected chi connectivity index (χ3v) is 1.81. The Labute approximate surface area is 95.4 Å². The van der Waals surface area contributed by atoms with Crippen LogP contribution in [-0.4, -0.2) is 49.8 Å². The molecule has 0 aromatic rings. The Morgan fingerprint density at radius 3 is 2.12 bits per heavy atom. The summed E-state index contributed by atoms with van der Waals surface area (Å²) in [7, 11) is 0. The van der Waals surface area contributed by atoms with Gasteiger partial charge in [0.05, 0.1) is 19.4 Å². The van der Waals surface area contributed by atoms with E-state index in [0.29, 0.717) is 39.2 Å². The topological polar surface area (TPSA) is 87.7 Å². The van der Waals surface area contributed by atoms with Gasteiger partial charge in [-0.25, -0.2) is 0 Å². The molecule has 0 spiro atoms. The molecule has 0 fully saturated rings. The lowest BCUT2D eigenvalue weighted by Crippen LogP contribution is -2.30. The molecule has 0 aromatic heterocycles. The van der Waals surface area contributed by atoms with Crippen LogP contribution in [0, 0.1) is 0 Å². The van der Waals surface area contributed by atoms with E-state index < -0.39 is 5.97 Å². The van der Waals surface area contributed by atoms with Crippen molar-refractivity contribution in [3.8, 4) is 0 Å². The number of nitrogens with one attached hydrogen (secondary N) is 2. The van der Waals surface area contributed by atoms with Crippen molar-refractivity contribution in [1.82, 2.24) is 10.6 Å². The van der Waals surface area contributed by atoms with Crippen LogP contribution < -0.4 is 10.6 Å². The molecule has 16 heavy (non-hydrogen) atoms. The van der Waals surface area contributed by atoms with Crippen molar-refractivity contribution in [2.75, 3.05) is 32.8 Å². The molecule has 0 radical (unpaired) electrons. The largest absolute Gasteiger partial charge is 0.481 e. The van der Waals surface area contributed by atoms with Gasteiger partial charge in [-0.15, -0.1) is 0 Å². The molecule has 0 aromatic carbocycles. The Kier molecular flexibility index (Phi) is 9.64. The van der Waals surface area contributed by atoms with Crippen LogP contribution in [-0.2, 0) is 14.3 Å². The van der Waals surface area contributed by atoms with Crippen LogP contribution in [0.5, 0.6) is 0 Å². The molecule has 0 aliphatic carbocycles. The van der Waals surface area contributed by atoms with Gasteiger partial charge in [-0.3, -0.25) is 9.59 Å². The minimum Gasteiger partial charge on any atom is -0.481 e. The van der Waals surface area contributed by atoms with E-state index >= 15 is 0 Å². The smallest absolute Gasteiger partial charge is 0.307 e. The van der Waals surface area contributed by atoms with Crippen LogP contribution in [0.4, 0.5) is 0 Å². The molecule has 0 unspecified atom stereocenters. The third kappa shape index (κ3) is 10.9. The Morgan fingerprint density at radius 2 is 1.62 bits per heavy atom. The molecule has 0 heterocycles. The van der Waals surface area contributed by atoms with Crippen LogP contribution in [0.25, 0.3) is 0 Å². The third-order valence-electron chi connectivity index (χ3n) is 1.81. The molecular formula is C10H20N2O4. The summed E-state index contributed by atoms with van der Waals surface area (Å²) >= 11 is 0. The maximum Gasteiger partial charge on any atom is 0.307 e. The van der Waals surface area contributed by atoms with Gasteiger partial charge < -0.3 is 20.5 Å². The molecule has 0 bridgehead atoms. The molecular weight excluding hydrogens is 212 g/mol. The van der Waals surface area contributed by atoms with Crippen LogP contribution >= 0.6 is 0 Å². The molecule has 6 heteroatoms. The summed E-state index contributed by atoms with van der Waals surface area (Å²) in [5.74, 6) is -1.00. The number of hydrogen-bond acceptors (Lipinski definition) is 5. The summed E-state index contributed by atoms with van der Waals surface area (Å²) in [5, 5.41) is 14.4. The van der Waals surface area contributed by atoms with E-state index in [9.17, 15) is 9.59 Å². The minimum absolute atomic E-state index is 0.128. The number of carboxylic acids is 1. The van der Waals surface area contributed by atoms with E-state index in [-0.39, 0.29) is 12.4 Å². The van der Waals surface area contributed by atoms with E-state index in [1.54, 1.807) is 6.92 Å². The highest BCUT2D eigenvalue weighted by Crippen LogP contribution is 1.83. The first-order valence-electron chi connectivity index (χ1n) is 5.45. The van der Waals surface area contributed by atoms with Crippen molar-refractivity contribution in [2.24, 2.45) is 0 Å². The molecule has 0 atom stereocenters. The monoisotopic (exact) mass is 232 g/mol. The Hall–Kier alpha value is -1.14. The second-order valence-corrected chi connectivity index (χ2v) is 3.20. The number of carboxylic acid groups (broad SMARTS) is 1. The van der Waals surface area contributed by atoms with Gasteiger partial charge in [0.1, 0.15) is 0 Å². The highest BCUT2D eigenvalue weighted by Gasteiger charge is 1.99. The lowest BCUT2D eigenvalue weighted by molar-refractivity contribution is -0.143. The van der Waals surface area contributed by atoms with Crippen LogP contribution in [0.1, 0.15) is 19.8 Å². The van der Waals surface area contributed by atoms with Crippen molar-refractivity contribution in [3.05, 3.63) is 0 Å². The molecule has 6 nitrogen and oxygen atoms in total. The molecule has 0 aliphatic heterocycles. The van der Waals surface area contributed by atoms with Gasteiger partial charge in [0.25, 0.3) is 0 Å². The zero-order valence-electron chi connectivity index (χ0n) is 9.62. The van der Waals surface area contributed by atoms with Crippen LogP contribution in [0.3, 0.4) is 0 Å². The Balaban J connectivity index is 3.09. The molecule has 0 saturated heterocycles. The highest BCUT2D eigenvalue weighted by molar-refractivity contribution is 5.69. The van der Waals surface area contributed by atoms with Gasteiger partial charge in [-0.1, -0.05) is 0 Å². The summed E-state index contributed by atoms with van der Waals surface area (Å²) in [6.45, 7) is 4.64. The van der Waals surface area contributed by atoms with Crippen LogP contribution in [0.15, 0.2) is 0 Å². The van der Waals surface area contributed by atoms with Crippen molar-refractivity contribution in [3.63, 3.8) is 0 Å². The predicted molar refractivity (Wildman–Crippen MR) is 59.2 cm³/mol. The van der Waals surface area contributed by atoms with E-state index in [2.05, 4.69) is 10.6 Å². The quantitative estimate of drug-likeness (QED) is 0.351. The lowest BCUT2D eigenvalue weighted by atomic mass is 10.4. The van der Waals surface area contributed by atoms with Crippen molar-refractivity contribution < 1.29 is 19.4 Å². The average molecular weight is 232 g/mol. The van der Waals surface area contributed by atoms with Gasteiger partial charge in [-0.05, 0) is 6.92 Å². The van der Waals surface area contributed by atoms with E-state index in [1.165, 1.54) is 0 Å². The summed E-state index contributed by atoms with van der Waals surface area (Å²) in [4.78, 5) is 21.1. The number of hydrogen-bond donors (Lipinski definition) is 3. The van der Waals surface area contributed by atoms with Crippen molar-refractivity contribution in [1.29, 1.82) is 0 Å². The average Bonchev–Trinajstić information content (AvgIpc) is 2.22. The molecule has 94 valence electrons. The van der Waals surface area contributed by atoms with Crippen LogP contribution in [0.2, 0.25) is 0 Å². The van der Waals surface area contributed by atoms with Gasteiger partial charge >= 0.3 is 11.9 Å². The number of esters is 1. The fourth-order valence-corrected chi connectivity index (χ4v) is 1.05. The number of carbonyl (C=O) groups is 2. The maximum absolute atomic E-state index is 10.9. The molecule has 3 N–H and O–H groups in total. The first kappa shape index (κ1) is 14.9. The molecule has 0 saturated carbocycles. The Morgan fingerprint density at radius 1 is 1.06 bits per heavy atom. The first-order chi connectivity index (χ1) is 7.66. The standard InChI is InChI=1S/C10H20N2O4/c1-2-16-10(15)4-6-12-8-7-11-5-3-9(13)14/h11-12H,2-8H2,1H3,(H,13,14). The maximum atomic E-state index is 10.9.